The van der Waals surface area contributed by atoms with Gasteiger partial charge >= 0.3 is 0 Å². The van der Waals surface area contributed by atoms with Crippen molar-refractivity contribution in [2.24, 2.45) is 5.73 Å². The van der Waals surface area contributed by atoms with Crippen LogP contribution in [0, 0.1) is 0 Å². The molecule has 0 fully saturated rings. The number of nitrogens with zero attached hydrogens (tertiary/aromatic N) is 3. The molecule has 0 bridgehead atoms. The number of aliphatic hydroxyl groups is 1. The van der Waals surface area contributed by atoms with E-state index in [4.69, 9.17) is 5.73 Å². The van der Waals surface area contributed by atoms with Gasteiger partial charge in [-0.25, -0.2) is 0 Å². The van der Waals surface area contributed by atoms with E-state index in [1.54, 1.807) is 12.1 Å². The molecular formula is C18H18N4O3. The molecule has 4 N–H and O–H groups in total. The largest absolute Gasteiger partial charge is 0.505 e. The minimum Gasteiger partial charge on any atom is -0.505 e. The molecule has 0 saturated heterocycles. The highest BCUT2D eigenvalue weighted by molar-refractivity contribution is 5.93. The van der Waals surface area contributed by atoms with Crippen LogP contribution in [-0.2, 0) is 17.8 Å². The maximum atomic E-state index is 11.5. The van der Waals surface area contributed by atoms with Gasteiger partial charge in [-0.2, -0.15) is 0 Å². The fourth-order valence-corrected chi connectivity index (χ4v) is 2.58. The average molecular weight is 338 g/mol. The van der Waals surface area contributed by atoms with Gasteiger partial charge in [0.15, 0.2) is 5.78 Å². The first kappa shape index (κ1) is 16.8. The molecule has 25 heavy (non-hydrogen) atoms. The lowest BCUT2D eigenvalue weighted by molar-refractivity contribution is -0.122. The number of benzene rings is 2. The quantitative estimate of drug-likeness (QED) is 0.583. The summed E-state index contributed by atoms with van der Waals surface area (Å²) in [5.74, 6) is -0.615. The summed E-state index contributed by atoms with van der Waals surface area (Å²) in [5, 5.41) is 29.2. The van der Waals surface area contributed by atoms with Gasteiger partial charge in [0.1, 0.15) is 28.6 Å². The van der Waals surface area contributed by atoms with Crippen molar-refractivity contribution >= 4 is 16.8 Å². The summed E-state index contributed by atoms with van der Waals surface area (Å²) in [7, 11) is 0. The number of fused-ring (bicyclic) bond motifs is 1. The smallest absolute Gasteiger partial charge is 0.183 e. The molecule has 0 spiro atoms. The fourth-order valence-electron chi connectivity index (χ4n) is 2.58. The van der Waals surface area contributed by atoms with E-state index < -0.39 is 11.9 Å². The van der Waals surface area contributed by atoms with Crippen molar-refractivity contribution in [3.63, 3.8) is 0 Å². The van der Waals surface area contributed by atoms with Crippen LogP contribution in [0.4, 0.5) is 0 Å². The first-order chi connectivity index (χ1) is 12.0. The van der Waals surface area contributed by atoms with E-state index in [2.05, 4.69) is 16.8 Å². The van der Waals surface area contributed by atoms with Gasteiger partial charge in [0.2, 0.25) is 0 Å². The van der Waals surface area contributed by atoms with Crippen molar-refractivity contribution < 1.29 is 15.0 Å². The summed E-state index contributed by atoms with van der Waals surface area (Å²) in [6, 6.07) is 10.7. The lowest BCUT2D eigenvalue weighted by atomic mass is 10.0. The topological polar surface area (TPSA) is 114 Å². The third kappa shape index (κ3) is 3.28. The molecule has 7 nitrogen and oxygen atoms in total. The minimum absolute atomic E-state index is 0.0572. The highest BCUT2D eigenvalue weighted by Gasteiger charge is 2.19. The Morgan fingerprint density at radius 2 is 1.92 bits per heavy atom. The molecule has 0 radical (unpaired) electrons. The fraction of sp³-hybridized carbons (Fsp3) is 0.167. The molecule has 0 aliphatic rings. The van der Waals surface area contributed by atoms with Crippen LogP contribution in [0.15, 0.2) is 49.1 Å². The number of aliphatic hydroxyl groups excluding tert-OH is 1. The van der Waals surface area contributed by atoms with Crippen LogP contribution in [0.3, 0.4) is 0 Å². The number of aromatic nitrogens is 3. The number of phenolic OH excluding ortho intramolecular Hbond substituents is 1. The van der Waals surface area contributed by atoms with Crippen LogP contribution in [0.5, 0.6) is 5.75 Å². The van der Waals surface area contributed by atoms with E-state index in [0.717, 1.165) is 11.6 Å². The van der Waals surface area contributed by atoms with Crippen molar-refractivity contribution in [3.8, 4) is 11.4 Å². The van der Waals surface area contributed by atoms with E-state index in [0.29, 0.717) is 22.3 Å². The van der Waals surface area contributed by atoms with Crippen LogP contribution >= 0.6 is 0 Å². The number of hydrogen-bond acceptors (Lipinski definition) is 6. The van der Waals surface area contributed by atoms with Crippen molar-refractivity contribution in [1.29, 1.82) is 0 Å². The van der Waals surface area contributed by atoms with Gasteiger partial charge in [-0.05, 0) is 35.4 Å². The number of hydrogen-bond donors (Lipinski definition) is 3. The van der Waals surface area contributed by atoms with Gasteiger partial charge in [0.05, 0.1) is 0 Å². The monoisotopic (exact) mass is 338 g/mol. The second kappa shape index (κ2) is 6.84. The predicted octanol–water partition coefficient (Wildman–Crippen LogP) is 1.24. The Morgan fingerprint density at radius 1 is 1.28 bits per heavy atom. The Balaban J connectivity index is 2.08. The van der Waals surface area contributed by atoms with Crippen LogP contribution in [-0.4, -0.2) is 37.1 Å². The summed E-state index contributed by atoms with van der Waals surface area (Å²) in [4.78, 5) is 12.9. The normalized spacial score (nSPS) is 12.2. The van der Waals surface area contributed by atoms with Gasteiger partial charge in [-0.3, -0.25) is 4.79 Å². The molecule has 3 rings (SSSR count). The highest BCUT2D eigenvalue weighted by atomic mass is 16.3. The molecule has 2 aromatic carbocycles. The molecule has 128 valence electrons. The van der Waals surface area contributed by atoms with Crippen molar-refractivity contribution in [3.05, 3.63) is 60.2 Å². The molecule has 0 saturated carbocycles. The Bertz CT molecular complexity index is 916. The number of carbonyl (C=O) groups excluding carboxylic acids is 1. The Morgan fingerprint density at radius 3 is 2.48 bits per heavy atom. The highest BCUT2D eigenvalue weighted by Crippen LogP contribution is 2.29. The number of carbonyl (C=O) groups is 1. The molecule has 1 atom stereocenters. The molecule has 0 aliphatic carbocycles. The Kier molecular flexibility index (Phi) is 4.60. The zero-order valence-corrected chi connectivity index (χ0v) is 13.5. The first-order valence-corrected chi connectivity index (χ1v) is 7.75. The first-order valence-electron chi connectivity index (χ1n) is 7.75. The molecular weight excluding hydrogens is 320 g/mol. The second-order valence-electron chi connectivity index (χ2n) is 5.63. The lowest BCUT2D eigenvalue weighted by Crippen LogP contribution is -2.21. The maximum Gasteiger partial charge on any atom is 0.183 e. The van der Waals surface area contributed by atoms with Crippen LogP contribution in [0.2, 0.25) is 0 Å². The summed E-state index contributed by atoms with van der Waals surface area (Å²) >= 11 is 0. The lowest BCUT2D eigenvalue weighted by Gasteiger charge is -2.13. The summed E-state index contributed by atoms with van der Waals surface area (Å²) < 4.78 is 0. The van der Waals surface area contributed by atoms with Crippen LogP contribution in [0.1, 0.15) is 11.1 Å². The number of phenols is 1. The Labute approximate surface area is 144 Å². The molecule has 1 heterocycles. The number of rotatable bonds is 6. The summed E-state index contributed by atoms with van der Waals surface area (Å²) in [5.41, 5.74) is 8.55. The summed E-state index contributed by atoms with van der Waals surface area (Å²) in [6.07, 6.45) is -0.288. The molecule has 7 heteroatoms. The molecule has 1 aromatic heterocycles. The molecule has 3 aromatic rings. The van der Waals surface area contributed by atoms with E-state index in [1.807, 2.05) is 24.3 Å². The standard InChI is InChI=1S/C18H18N4O3/c1-2-16(23)17(24)9-12-7-11(10-19)8-15(18(12)25)22-20-13-5-3-4-6-14(13)21-22/h2-8,17,24-25H,1,9-10,19H2. The third-order valence-electron chi connectivity index (χ3n) is 3.91. The van der Waals surface area contributed by atoms with Gasteiger partial charge in [0, 0.05) is 13.0 Å². The molecule has 0 amide bonds. The Hall–Kier alpha value is -3.03. The van der Waals surface area contributed by atoms with Gasteiger partial charge in [-0.1, -0.05) is 24.8 Å². The van der Waals surface area contributed by atoms with Gasteiger partial charge in [-0.15, -0.1) is 15.0 Å². The summed E-state index contributed by atoms with van der Waals surface area (Å²) in [6.45, 7) is 3.58. The minimum atomic E-state index is -1.28. The second-order valence-corrected chi connectivity index (χ2v) is 5.63. The number of nitrogens with two attached hydrogens (primary N) is 1. The SMILES string of the molecule is C=CC(=O)C(O)Cc1cc(CN)cc(-n2nc3ccccc3n2)c1O. The van der Waals surface area contributed by atoms with E-state index in [1.165, 1.54) is 4.80 Å². The van der Waals surface area contributed by atoms with Gasteiger partial charge in [0.25, 0.3) is 0 Å². The number of ketones is 1. The molecule has 1 unspecified atom stereocenters. The van der Waals surface area contributed by atoms with Crippen molar-refractivity contribution in [1.82, 2.24) is 15.0 Å². The zero-order valence-electron chi connectivity index (χ0n) is 13.5. The van der Waals surface area contributed by atoms with E-state index in [9.17, 15) is 15.0 Å². The van der Waals surface area contributed by atoms with Crippen LogP contribution in [0.25, 0.3) is 16.7 Å². The average Bonchev–Trinajstić information content (AvgIpc) is 3.06. The third-order valence-corrected chi connectivity index (χ3v) is 3.91. The predicted molar refractivity (Wildman–Crippen MR) is 93.3 cm³/mol. The van der Waals surface area contributed by atoms with Crippen molar-refractivity contribution in [2.75, 3.05) is 0 Å². The van der Waals surface area contributed by atoms with E-state index in [-0.39, 0.29) is 18.7 Å². The van der Waals surface area contributed by atoms with Crippen molar-refractivity contribution in [2.45, 2.75) is 19.1 Å². The molecule has 0 aliphatic heterocycles. The number of aromatic hydroxyl groups is 1. The van der Waals surface area contributed by atoms with Gasteiger partial charge < -0.3 is 15.9 Å². The van der Waals surface area contributed by atoms with Crippen LogP contribution < -0.4 is 5.73 Å². The van der Waals surface area contributed by atoms with E-state index >= 15 is 0 Å². The maximum absolute atomic E-state index is 11.5. The zero-order chi connectivity index (χ0) is 18.0.